The third-order valence-electron chi connectivity index (χ3n) is 6.10. The average molecular weight is 424 g/mol. The number of aryl methyl sites for hydroxylation is 1. The largest absolute Gasteiger partial charge is 0.360 e. The van der Waals surface area contributed by atoms with E-state index in [2.05, 4.69) is 5.16 Å². The Balaban J connectivity index is 1.67. The number of halogens is 1. The number of benzene rings is 1. The van der Waals surface area contributed by atoms with Crippen molar-refractivity contribution in [3.8, 4) is 17.3 Å². The van der Waals surface area contributed by atoms with Gasteiger partial charge in [-0.3, -0.25) is 9.59 Å². The molecule has 7 heteroatoms. The molecule has 1 atom stereocenters. The average Bonchev–Trinajstić information content (AvgIpc) is 3.28. The number of carbonyl (C=O) groups excluding carboxylic acids is 2. The molecule has 0 radical (unpaired) electrons. The fourth-order valence-electron chi connectivity index (χ4n) is 4.78. The van der Waals surface area contributed by atoms with Gasteiger partial charge in [0, 0.05) is 29.5 Å². The number of amides is 1. The van der Waals surface area contributed by atoms with Crippen molar-refractivity contribution in [2.24, 2.45) is 10.8 Å². The smallest absolute Gasteiger partial charge is 0.259 e. The van der Waals surface area contributed by atoms with Crippen LogP contribution in [0.5, 0.6) is 0 Å². The molecule has 154 valence electrons. The molecule has 1 saturated heterocycles. The number of allylic oxidation sites excluding steroid dienone is 1. The minimum absolute atomic E-state index is 0.128. The zero-order chi connectivity index (χ0) is 21.7. The molecule has 2 heterocycles. The predicted octanol–water partition coefficient (Wildman–Crippen LogP) is 4.58. The van der Waals surface area contributed by atoms with E-state index in [4.69, 9.17) is 16.1 Å². The number of rotatable bonds is 2. The summed E-state index contributed by atoms with van der Waals surface area (Å²) in [6.07, 6.45) is 3.09. The summed E-state index contributed by atoms with van der Waals surface area (Å²) in [5.41, 5.74) is 0.651. The summed E-state index contributed by atoms with van der Waals surface area (Å²) in [4.78, 5) is 27.7. The van der Waals surface area contributed by atoms with Crippen LogP contribution in [0.2, 0.25) is 5.02 Å². The molecule has 4 rings (SSSR count). The first kappa shape index (κ1) is 20.4. The Morgan fingerprint density at radius 3 is 2.77 bits per heavy atom. The van der Waals surface area contributed by atoms with Crippen LogP contribution in [0, 0.1) is 29.1 Å². The Morgan fingerprint density at radius 1 is 1.33 bits per heavy atom. The number of Topliss-reactive ketones (excluding diaryl/α,β-unsaturated/α-hetero) is 1. The van der Waals surface area contributed by atoms with Crippen LogP contribution in [0.3, 0.4) is 0 Å². The van der Waals surface area contributed by atoms with Crippen LogP contribution >= 0.6 is 11.6 Å². The number of carbonyl (C=O) groups is 2. The van der Waals surface area contributed by atoms with Gasteiger partial charge < -0.3 is 9.42 Å². The highest BCUT2D eigenvalue weighted by molar-refractivity contribution is 6.33. The number of hydrogen-bond donors (Lipinski definition) is 0. The first-order chi connectivity index (χ1) is 14.2. The summed E-state index contributed by atoms with van der Waals surface area (Å²) in [5.74, 6) is 0.127. The normalized spacial score (nSPS) is 22.8. The standard InChI is InChI=1S/C23H22ClN3O3/c1-14-18(19(26-30-14)16-6-4-5-7-17(16)24)21(29)27-9-8-23(13-27)10-15(11-25)20(28)22(2,3)12-23/h4-7,10H,8-9,12-13H2,1-3H3/t23-/m0/s1. The second-order valence-corrected chi connectivity index (χ2v) is 9.25. The second kappa shape index (κ2) is 7.10. The van der Waals surface area contributed by atoms with Crippen LogP contribution in [-0.4, -0.2) is 34.8 Å². The van der Waals surface area contributed by atoms with E-state index in [0.29, 0.717) is 53.5 Å². The predicted molar refractivity (Wildman–Crippen MR) is 112 cm³/mol. The van der Waals surface area contributed by atoms with Gasteiger partial charge in [0.15, 0.2) is 5.78 Å². The maximum Gasteiger partial charge on any atom is 0.259 e. The monoisotopic (exact) mass is 423 g/mol. The summed E-state index contributed by atoms with van der Waals surface area (Å²) in [7, 11) is 0. The van der Waals surface area contributed by atoms with Crippen LogP contribution in [0.15, 0.2) is 40.4 Å². The van der Waals surface area contributed by atoms with Crippen molar-refractivity contribution < 1.29 is 14.1 Å². The third-order valence-corrected chi connectivity index (χ3v) is 6.43. The molecule has 6 nitrogen and oxygen atoms in total. The number of hydrogen-bond acceptors (Lipinski definition) is 5. The molecule has 1 fully saturated rings. The fraction of sp³-hybridized carbons (Fsp3) is 0.391. The van der Waals surface area contributed by atoms with E-state index < -0.39 is 5.41 Å². The molecular formula is C23H22ClN3O3. The van der Waals surface area contributed by atoms with E-state index in [1.165, 1.54) is 0 Å². The Labute approximate surface area is 180 Å². The molecule has 0 bridgehead atoms. The molecule has 1 spiro atoms. The highest BCUT2D eigenvalue weighted by Gasteiger charge is 2.49. The maximum absolute atomic E-state index is 13.5. The number of nitriles is 1. The Kier molecular flexibility index (Phi) is 4.82. The zero-order valence-corrected chi connectivity index (χ0v) is 17.9. The van der Waals surface area contributed by atoms with Crippen molar-refractivity contribution >= 4 is 23.3 Å². The van der Waals surface area contributed by atoms with Gasteiger partial charge in [-0.2, -0.15) is 5.26 Å². The van der Waals surface area contributed by atoms with Gasteiger partial charge in [0.05, 0.1) is 10.6 Å². The molecular weight excluding hydrogens is 402 g/mol. The number of ketones is 1. The Bertz CT molecular complexity index is 1120. The minimum atomic E-state index is -0.630. The third kappa shape index (κ3) is 3.23. The Morgan fingerprint density at radius 2 is 2.07 bits per heavy atom. The Hall–Kier alpha value is -2.91. The van der Waals surface area contributed by atoms with E-state index in [9.17, 15) is 14.9 Å². The van der Waals surface area contributed by atoms with Gasteiger partial charge in [0.1, 0.15) is 23.1 Å². The summed E-state index contributed by atoms with van der Waals surface area (Å²) in [6, 6.07) is 9.24. The molecule has 1 aliphatic carbocycles. The first-order valence-corrected chi connectivity index (χ1v) is 10.2. The molecule has 0 N–H and O–H groups in total. The van der Waals surface area contributed by atoms with E-state index >= 15 is 0 Å². The lowest BCUT2D eigenvalue weighted by Crippen LogP contribution is -2.40. The van der Waals surface area contributed by atoms with Crippen molar-refractivity contribution in [3.05, 3.63) is 52.3 Å². The van der Waals surface area contributed by atoms with Crippen molar-refractivity contribution in [2.75, 3.05) is 13.1 Å². The molecule has 1 amide bonds. The fourth-order valence-corrected chi connectivity index (χ4v) is 5.01. The van der Waals surface area contributed by atoms with Crippen LogP contribution in [-0.2, 0) is 4.79 Å². The van der Waals surface area contributed by atoms with Gasteiger partial charge in [-0.1, -0.05) is 54.9 Å². The van der Waals surface area contributed by atoms with Crippen LogP contribution in [0.25, 0.3) is 11.3 Å². The topological polar surface area (TPSA) is 87.2 Å². The quantitative estimate of drug-likeness (QED) is 0.705. The van der Waals surface area contributed by atoms with Crippen LogP contribution in [0.1, 0.15) is 42.8 Å². The first-order valence-electron chi connectivity index (χ1n) is 9.86. The zero-order valence-electron chi connectivity index (χ0n) is 17.2. The summed E-state index contributed by atoms with van der Waals surface area (Å²) in [5, 5.41) is 14.0. The van der Waals surface area contributed by atoms with E-state index in [0.717, 1.165) is 0 Å². The lowest BCUT2D eigenvalue weighted by molar-refractivity contribution is -0.125. The van der Waals surface area contributed by atoms with Crippen molar-refractivity contribution in [2.45, 2.75) is 33.6 Å². The van der Waals surface area contributed by atoms with Gasteiger partial charge >= 0.3 is 0 Å². The molecule has 1 aromatic carbocycles. The molecule has 1 aromatic heterocycles. The molecule has 2 aliphatic rings. The summed E-state index contributed by atoms with van der Waals surface area (Å²) >= 11 is 6.32. The van der Waals surface area contributed by atoms with Crippen LogP contribution < -0.4 is 0 Å². The number of likely N-dealkylation sites (tertiary alicyclic amines) is 1. The summed E-state index contributed by atoms with van der Waals surface area (Å²) < 4.78 is 5.35. The van der Waals surface area contributed by atoms with Crippen molar-refractivity contribution in [1.82, 2.24) is 10.1 Å². The van der Waals surface area contributed by atoms with Crippen molar-refractivity contribution in [3.63, 3.8) is 0 Å². The van der Waals surface area contributed by atoms with Gasteiger partial charge in [-0.25, -0.2) is 0 Å². The maximum atomic E-state index is 13.5. The van der Waals surface area contributed by atoms with Gasteiger partial charge in [0.2, 0.25) is 0 Å². The van der Waals surface area contributed by atoms with Crippen LogP contribution in [0.4, 0.5) is 0 Å². The SMILES string of the molecule is Cc1onc(-c2ccccc2Cl)c1C(=O)N1CC[C@@]2(C=C(C#N)C(=O)C(C)(C)C2)C1. The highest BCUT2D eigenvalue weighted by atomic mass is 35.5. The van der Waals surface area contributed by atoms with Gasteiger partial charge in [-0.05, 0) is 25.8 Å². The van der Waals surface area contributed by atoms with Gasteiger partial charge in [0.25, 0.3) is 5.91 Å². The van der Waals surface area contributed by atoms with E-state index in [1.54, 1.807) is 30.0 Å². The number of aromatic nitrogens is 1. The lowest BCUT2D eigenvalue weighted by atomic mass is 9.64. The second-order valence-electron chi connectivity index (χ2n) is 8.84. The molecule has 2 aromatic rings. The molecule has 0 saturated carbocycles. The van der Waals surface area contributed by atoms with Crippen molar-refractivity contribution in [1.29, 1.82) is 5.26 Å². The minimum Gasteiger partial charge on any atom is -0.360 e. The highest BCUT2D eigenvalue weighted by Crippen LogP contribution is 2.48. The summed E-state index contributed by atoms with van der Waals surface area (Å²) in [6.45, 7) is 6.42. The number of nitrogens with zero attached hydrogens (tertiary/aromatic N) is 3. The molecule has 30 heavy (non-hydrogen) atoms. The lowest BCUT2D eigenvalue weighted by Gasteiger charge is -2.38. The van der Waals surface area contributed by atoms with E-state index in [1.807, 2.05) is 32.0 Å². The van der Waals surface area contributed by atoms with E-state index in [-0.39, 0.29) is 22.7 Å². The molecule has 0 unspecified atom stereocenters. The molecule has 1 aliphatic heterocycles. The van der Waals surface area contributed by atoms with Gasteiger partial charge in [-0.15, -0.1) is 0 Å².